The average Bonchev–Trinajstić information content (AvgIpc) is 3.02. The highest BCUT2D eigenvalue weighted by Crippen LogP contribution is 2.22. The van der Waals surface area contributed by atoms with Gasteiger partial charge in [0.05, 0.1) is 12.9 Å². The first-order chi connectivity index (χ1) is 12.2. The number of carbonyl (C=O) groups is 1. The molecule has 0 fully saturated rings. The maximum absolute atomic E-state index is 12.1. The van der Waals surface area contributed by atoms with E-state index in [4.69, 9.17) is 4.74 Å². The lowest BCUT2D eigenvalue weighted by Crippen LogP contribution is -2.14. The van der Waals surface area contributed by atoms with Crippen molar-refractivity contribution in [1.29, 1.82) is 0 Å². The number of hydrogen-bond acceptors (Lipinski definition) is 5. The second kappa shape index (κ2) is 7.85. The first-order valence-electron chi connectivity index (χ1n) is 7.69. The van der Waals surface area contributed by atoms with Gasteiger partial charge in [0.25, 0.3) is 0 Å². The molecule has 0 bridgehead atoms. The van der Waals surface area contributed by atoms with Crippen LogP contribution in [0.4, 0.5) is 5.69 Å². The zero-order valence-electron chi connectivity index (χ0n) is 14.0. The lowest BCUT2D eigenvalue weighted by Gasteiger charge is -2.06. The number of nitrogens with one attached hydrogen (secondary N) is 1. The van der Waals surface area contributed by atoms with Crippen LogP contribution in [0.15, 0.2) is 59.8 Å². The summed E-state index contributed by atoms with van der Waals surface area (Å²) in [7, 11) is 3.50. The number of nitrogens with zero attached hydrogens (tertiary/aromatic N) is 3. The molecule has 1 amide bonds. The molecule has 1 N–H and O–H groups in total. The Morgan fingerprint density at radius 2 is 1.84 bits per heavy atom. The summed E-state index contributed by atoms with van der Waals surface area (Å²) >= 11 is 1.35. The van der Waals surface area contributed by atoms with Crippen LogP contribution in [0.2, 0.25) is 0 Å². The molecule has 0 aliphatic heterocycles. The van der Waals surface area contributed by atoms with Gasteiger partial charge >= 0.3 is 0 Å². The van der Waals surface area contributed by atoms with Crippen molar-refractivity contribution in [2.24, 2.45) is 7.05 Å². The fraction of sp³-hybridized carbons (Fsp3) is 0.167. The van der Waals surface area contributed by atoms with E-state index in [1.165, 1.54) is 11.8 Å². The normalized spacial score (nSPS) is 10.5. The van der Waals surface area contributed by atoms with Crippen LogP contribution in [0, 0.1) is 0 Å². The number of methoxy groups -OCH3 is 1. The van der Waals surface area contributed by atoms with Gasteiger partial charge in [0.2, 0.25) is 5.91 Å². The number of amides is 1. The van der Waals surface area contributed by atoms with Crippen molar-refractivity contribution in [2.45, 2.75) is 5.16 Å². The molecule has 0 atom stereocenters. The summed E-state index contributed by atoms with van der Waals surface area (Å²) in [4.78, 5) is 12.1. The molecule has 0 unspecified atom stereocenters. The Kier molecular flexibility index (Phi) is 5.35. The van der Waals surface area contributed by atoms with Crippen molar-refractivity contribution >= 4 is 23.4 Å². The van der Waals surface area contributed by atoms with Crippen molar-refractivity contribution in [3.8, 4) is 17.1 Å². The fourth-order valence-corrected chi connectivity index (χ4v) is 2.99. The molecule has 0 aliphatic carbocycles. The Balaban J connectivity index is 1.60. The summed E-state index contributed by atoms with van der Waals surface area (Å²) in [5.41, 5.74) is 1.72. The van der Waals surface area contributed by atoms with Gasteiger partial charge < -0.3 is 14.6 Å². The quantitative estimate of drug-likeness (QED) is 0.688. The van der Waals surface area contributed by atoms with Gasteiger partial charge in [-0.1, -0.05) is 42.1 Å². The number of aromatic nitrogens is 3. The molecule has 0 saturated heterocycles. The number of benzene rings is 2. The van der Waals surface area contributed by atoms with Crippen molar-refractivity contribution in [3.63, 3.8) is 0 Å². The van der Waals surface area contributed by atoms with E-state index in [1.807, 2.05) is 41.9 Å². The molecule has 0 saturated carbocycles. The van der Waals surface area contributed by atoms with E-state index in [1.54, 1.807) is 31.4 Å². The Morgan fingerprint density at radius 1 is 1.12 bits per heavy atom. The van der Waals surface area contributed by atoms with Crippen molar-refractivity contribution in [1.82, 2.24) is 14.8 Å². The molecule has 1 aromatic heterocycles. The zero-order valence-corrected chi connectivity index (χ0v) is 14.8. The van der Waals surface area contributed by atoms with E-state index in [0.29, 0.717) is 5.16 Å². The Labute approximate surface area is 150 Å². The second-order valence-corrected chi connectivity index (χ2v) is 6.24. The van der Waals surface area contributed by atoms with Crippen LogP contribution in [0.25, 0.3) is 11.4 Å². The van der Waals surface area contributed by atoms with Crippen molar-refractivity contribution in [2.75, 3.05) is 18.2 Å². The number of rotatable bonds is 6. The summed E-state index contributed by atoms with van der Waals surface area (Å²) in [5, 5.41) is 11.9. The van der Waals surface area contributed by atoms with E-state index in [0.717, 1.165) is 22.8 Å². The van der Waals surface area contributed by atoms with Gasteiger partial charge in [0, 0.05) is 18.3 Å². The number of hydrogen-bond donors (Lipinski definition) is 1. The topological polar surface area (TPSA) is 69.0 Å². The van der Waals surface area contributed by atoms with Crippen LogP contribution >= 0.6 is 11.8 Å². The van der Waals surface area contributed by atoms with E-state index in [2.05, 4.69) is 15.5 Å². The Bertz CT molecular complexity index is 847. The number of anilines is 1. The van der Waals surface area contributed by atoms with E-state index < -0.39 is 0 Å². The van der Waals surface area contributed by atoms with Crippen LogP contribution < -0.4 is 10.1 Å². The first kappa shape index (κ1) is 17.0. The van der Waals surface area contributed by atoms with Crippen LogP contribution in [0.5, 0.6) is 5.75 Å². The highest BCUT2D eigenvalue weighted by atomic mass is 32.2. The predicted molar refractivity (Wildman–Crippen MR) is 98.8 cm³/mol. The SMILES string of the molecule is COc1ccc(NC(=O)CSc2nnc(-c3ccccc3)n2C)cc1. The molecule has 1 heterocycles. The monoisotopic (exact) mass is 354 g/mol. The van der Waals surface area contributed by atoms with Crippen molar-refractivity contribution in [3.05, 3.63) is 54.6 Å². The largest absolute Gasteiger partial charge is 0.497 e. The zero-order chi connectivity index (χ0) is 17.6. The molecule has 128 valence electrons. The van der Waals surface area contributed by atoms with Crippen LogP contribution in [-0.4, -0.2) is 33.5 Å². The molecule has 3 aromatic rings. The van der Waals surface area contributed by atoms with Gasteiger partial charge in [-0.25, -0.2) is 0 Å². The predicted octanol–water partition coefficient (Wildman–Crippen LogP) is 3.22. The van der Waals surface area contributed by atoms with Gasteiger partial charge in [-0.2, -0.15) is 0 Å². The minimum absolute atomic E-state index is 0.0978. The number of carbonyl (C=O) groups excluding carboxylic acids is 1. The second-order valence-electron chi connectivity index (χ2n) is 5.30. The molecule has 0 radical (unpaired) electrons. The van der Waals surface area contributed by atoms with Gasteiger partial charge in [0.1, 0.15) is 5.75 Å². The summed E-state index contributed by atoms with van der Waals surface area (Å²) < 4.78 is 6.99. The average molecular weight is 354 g/mol. The Morgan fingerprint density at radius 3 is 2.52 bits per heavy atom. The van der Waals surface area contributed by atoms with Gasteiger partial charge in [-0.15, -0.1) is 10.2 Å². The third kappa shape index (κ3) is 4.19. The molecule has 3 rings (SSSR count). The minimum Gasteiger partial charge on any atom is -0.497 e. The summed E-state index contributed by atoms with van der Waals surface area (Å²) in [6, 6.07) is 17.0. The van der Waals surface area contributed by atoms with E-state index in [9.17, 15) is 4.79 Å². The molecule has 25 heavy (non-hydrogen) atoms. The molecular formula is C18H18N4O2S. The molecule has 6 nitrogen and oxygen atoms in total. The maximum atomic E-state index is 12.1. The summed E-state index contributed by atoms with van der Waals surface area (Å²) in [6.07, 6.45) is 0. The highest BCUT2D eigenvalue weighted by molar-refractivity contribution is 7.99. The van der Waals surface area contributed by atoms with Gasteiger partial charge in [-0.3, -0.25) is 4.79 Å². The van der Waals surface area contributed by atoms with Crippen LogP contribution in [0.1, 0.15) is 0 Å². The van der Waals surface area contributed by atoms with E-state index >= 15 is 0 Å². The standard InChI is InChI=1S/C18H18N4O2S/c1-22-17(13-6-4-3-5-7-13)20-21-18(22)25-12-16(23)19-14-8-10-15(24-2)11-9-14/h3-11H,12H2,1-2H3,(H,19,23). The molecule has 2 aromatic carbocycles. The molecule has 0 aliphatic rings. The maximum Gasteiger partial charge on any atom is 0.234 e. The van der Waals surface area contributed by atoms with Crippen molar-refractivity contribution < 1.29 is 9.53 Å². The summed E-state index contributed by atoms with van der Waals surface area (Å²) in [6.45, 7) is 0. The first-order valence-corrected chi connectivity index (χ1v) is 8.67. The Hall–Kier alpha value is -2.80. The van der Waals surface area contributed by atoms with E-state index in [-0.39, 0.29) is 11.7 Å². The van der Waals surface area contributed by atoms with Crippen LogP contribution in [-0.2, 0) is 11.8 Å². The number of thioether (sulfide) groups is 1. The highest BCUT2D eigenvalue weighted by Gasteiger charge is 2.12. The van der Waals surface area contributed by atoms with Gasteiger partial charge in [-0.05, 0) is 24.3 Å². The third-order valence-electron chi connectivity index (χ3n) is 3.57. The van der Waals surface area contributed by atoms with Gasteiger partial charge in [0.15, 0.2) is 11.0 Å². The lowest BCUT2D eigenvalue weighted by molar-refractivity contribution is -0.113. The third-order valence-corrected chi connectivity index (χ3v) is 4.59. The fourth-order valence-electron chi connectivity index (χ4n) is 2.28. The van der Waals surface area contributed by atoms with Crippen LogP contribution in [0.3, 0.4) is 0 Å². The summed E-state index contributed by atoms with van der Waals surface area (Å²) in [5.74, 6) is 1.69. The number of ether oxygens (including phenoxy) is 1. The lowest BCUT2D eigenvalue weighted by atomic mass is 10.2. The molecule has 7 heteroatoms. The smallest absolute Gasteiger partial charge is 0.234 e. The minimum atomic E-state index is -0.0978. The molecular weight excluding hydrogens is 336 g/mol. The molecule has 0 spiro atoms.